The number of nitrogens with zero attached hydrogens (tertiary/aromatic N) is 1. The third kappa shape index (κ3) is 5.02. The van der Waals surface area contributed by atoms with Crippen molar-refractivity contribution >= 4 is 28.9 Å². The molecule has 0 aliphatic carbocycles. The predicted octanol–water partition coefficient (Wildman–Crippen LogP) is 5.24. The second-order valence-corrected chi connectivity index (χ2v) is 6.72. The molecule has 0 fully saturated rings. The Balaban J connectivity index is 2.21. The lowest BCUT2D eigenvalue weighted by Crippen LogP contribution is -2.15. The molecule has 5 nitrogen and oxygen atoms in total. The van der Waals surface area contributed by atoms with Gasteiger partial charge in [-0.25, -0.2) is 0 Å². The van der Waals surface area contributed by atoms with E-state index in [1.807, 2.05) is 31.2 Å². The lowest BCUT2D eigenvalue weighted by Gasteiger charge is -2.15. The minimum atomic E-state index is -0.522. The van der Waals surface area contributed by atoms with Crippen LogP contribution in [0.1, 0.15) is 30.9 Å². The van der Waals surface area contributed by atoms with Gasteiger partial charge in [-0.05, 0) is 42.2 Å². The molecule has 0 heterocycles. The number of para-hydroxylation sites is 1. The van der Waals surface area contributed by atoms with Crippen LogP contribution < -0.4 is 15.4 Å². The first-order valence-corrected chi connectivity index (χ1v) is 8.86. The van der Waals surface area contributed by atoms with E-state index in [0.717, 1.165) is 16.8 Å². The van der Waals surface area contributed by atoms with Crippen LogP contribution in [0.2, 0.25) is 5.02 Å². The van der Waals surface area contributed by atoms with Gasteiger partial charge in [-0.3, -0.25) is 4.79 Å². The maximum atomic E-state index is 12.4. The Hall–Kier alpha value is -2.97. The van der Waals surface area contributed by atoms with Gasteiger partial charge < -0.3 is 15.4 Å². The normalized spacial score (nSPS) is 11.1. The number of hydrogen-bond donors (Lipinski definition) is 2. The van der Waals surface area contributed by atoms with Gasteiger partial charge in [-0.1, -0.05) is 43.6 Å². The van der Waals surface area contributed by atoms with E-state index in [0.29, 0.717) is 22.4 Å². The SMILES string of the molecule is COc1ccc(NC(=O)/C(C#N)=C\Nc2c(C)cccc2C(C)C)cc1Cl. The van der Waals surface area contributed by atoms with Gasteiger partial charge in [0.25, 0.3) is 5.91 Å². The number of hydrogen-bond acceptors (Lipinski definition) is 4. The van der Waals surface area contributed by atoms with E-state index < -0.39 is 5.91 Å². The number of nitrogens with one attached hydrogen (secondary N) is 2. The summed E-state index contributed by atoms with van der Waals surface area (Å²) in [5.74, 6) is 0.292. The van der Waals surface area contributed by atoms with Crippen LogP contribution in [0.3, 0.4) is 0 Å². The fourth-order valence-electron chi connectivity index (χ4n) is 2.60. The first kappa shape index (κ1) is 20.3. The van der Waals surface area contributed by atoms with Crippen LogP contribution in [0.25, 0.3) is 0 Å². The Kier molecular flexibility index (Phi) is 6.86. The van der Waals surface area contributed by atoms with Gasteiger partial charge in [-0.15, -0.1) is 0 Å². The molecule has 0 saturated heterocycles. The molecule has 0 spiro atoms. The van der Waals surface area contributed by atoms with Gasteiger partial charge in [0, 0.05) is 17.6 Å². The Bertz CT molecular complexity index is 914. The second-order valence-electron chi connectivity index (χ2n) is 6.31. The van der Waals surface area contributed by atoms with Crippen molar-refractivity contribution in [3.8, 4) is 11.8 Å². The van der Waals surface area contributed by atoms with E-state index in [9.17, 15) is 10.1 Å². The van der Waals surface area contributed by atoms with Gasteiger partial charge in [0.05, 0.1) is 12.1 Å². The molecule has 0 saturated carbocycles. The van der Waals surface area contributed by atoms with E-state index in [2.05, 4.69) is 24.5 Å². The van der Waals surface area contributed by atoms with Crippen molar-refractivity contribution in [3.63, 3.8) is 0 Å². The molecule has 27 heavy (non-hydrogen) atoms. The summed E-state index contributed by atoms with van der Waals surface area (Å²) in [6, 6.07) is 12.8. The highest BCUT2D eigenvalue weighted by atomic mass is 35.5. The van der Waals surface area contributed by atoms with Crippen molar-refractivity contribution < 1.29 is 9.53 Å². The molecular formula is C21H22ClN3O2. The van der Waals surface area contributed by atoms with E-state index >= 15 is 0 Å². The number of benzene rings is 2. The number of halogens is 1. The van der Waals surface area contributed by atoms with Crippen LogP contribution in [0, 0.1) is 18.3 Å². The zero-order valence-corrected chi connectivity index (χ0v) is 16.5. The van der Waals surface area contributed by atoms with Crippen molar-refractivity contribution in [1.82, 2.24) is 0 Å². The number of aryl methyl sites for hydroxylation is 1. The number of anilines is 2. The molecule has 0 bridgehead atoms. The summed E-state index contributed by atoms with van der Waals surface area (Å²) in [5.41, 5.74) is 3.49. The average molecular weight is 384 g/mol. The Labute approximate surface area is 164 Å². The monoisotopic (exact) mass is 383 g/mol. The van der Waals surface area contributed by atoms with Crippen molar-refractivity contribution in [2.75, 3.05) is 17.7 Å². The molecule has 0 aliphatic heterocycles. The number of carbonyl (C=O) groups is 1. The number of amides is 1. The van der Waals surface area contributed by atoms with Crippen molar-refractivity contribution in [2.45, 2.75) is 26.7 Å². The molecule has 2 aromatic rings. The number of methoxy groups -OCH3 is 1. The summed E-state index contributed by atoms with van der Waals surface area (Å²) < 4.78 is 5.08. The first-order chi connectivity index (χ1) is 12.9. The minimum absolute atomic E-state index is 0.0418. The molecule has 0 unspecified atom stereocenters. The molecule has 0 aliphatic rings. The zero-order valence-electron chi connectivity index (χ0n) is 15.8. The molecule has 2 aromatic carbocycles. The van der Waals surface area contributed by atoms with Gasteiger partial charge in [-0.2, -0.15) is 5.26 Å². The van der Waals surface area contributed by atoms with Crippen LogP contribution in [0.4, 0.5) is 11.4 Å². The maximum absolute atomic E-state index is 12.4. The minimum Gasteiger partial charge on any atom is -0.495 e. The molecule has 2 rings (SSSR count). The number of rotatable bonds is 6. The van der Waals surface area contributed by atoms with Crippen LogP contribution >= 0.6 is 11.6 Å². The van der Waals surface area contributed by atoms with E-state index in [-0.39, 0.29) is 5.57 Å². The summed E-state index contributed by atoms with van der Waals surface area (Å²) in [6.45, 7) is 6.16. The van der Waals surface area contributed by atoms with Crippen molar-refractivity contribution in [2.24, 2.45) is 0 Å². The van der Waals surface area contributed by atoms with Gasteiger partial charge in [0.15, 0.2) is 0 Å². The number of carbonyl (C=O) groups excluding carboxylic acids is 1. The summed E-state index contributed by atoms with van der Waals surface area (Å²) in [6.07, 6.45) is 1.43. The van der Waals surface area contributed by atoms with Crippen LogP contribution in [-0.4, -0.2) is 13.0 Å². The second kappa shape index (κ2) is 9.11. The van der Waals surface area contributed by atoms with Crippen molar-refractivity contribution in [1.29, 1.82) is 5.26 Å². The van der Waals surface area contributed by atoms with Gasteiger partial charge in [0.1, 0.15) is 17.4 Å². The van der Waals surface area contributed by atoms with Crippen molar-refractivity contribution in [3.05, 3.63) is 64.3 Å². The molecule has 140 valence electrons. The molecule has 0 atom stereocenters. The Morgan fingerprint density at radius 1 is 1.30 bits per heavy atom. The molecule has 1 amide bonds. The summed E-state index contributed by atoms with van der Waals surface area (Å²) >= 11 is 6.06. The summed E-state index contributed by atoms with van der Waals surface area (Å²) in [5, 5.41) is 15.5. The predicted molar refractivity (Wildman–Crippen MR) is 109 cm³/mol. The van der Waals surface area contributed by atoms with E-state index in [1.165, 1.54) is 13.3 Å². The highest BCUT2D eigenvalue weighted by molar-refractivity contribution is 6.32. The maximum Gasteiger partial charge on any atom is 0.267 e. The van der Waals surface area contributed by atoms with Crippen LogP contribution in [0.5, 0.6) is 5.75 Å². The summed E-state index contributed by atoms with van der Waals surface area (Å²) in [4.78, 5) is 12.4. The molecule has 0 radical (unpaired) electrons. The first-order valence-electron chi connectivity index (χ1n) is 8.48. The highest BCUT2D eigenvalue weighted by Gasteiger charge is 2.13. The lowest BCUT2D eigenvalue weighted by molar-refractivity contribution is -0.112. The third-order valence-electron chi connectivity index (χ3n) is 4.06. The van der Waals surface area contributed by atoms with Crippen LogP contribution in [0.15, 0.2) is 48.2 Å². The van der Waals surface area contributed by atoms with E-state index in [1.54, 1.807) is 18.2 Å². The fraction of sp³-hybridized carbons (Fsp3) is 0.238. The molecule has 0 aromatic heterocycles. The average Bonchev–Trinajstić information content (AvgIpc) is 2.63. The largest absolute Gasteiger partial charge is 0.495 e. The Morgan fingerprint density at radius 2 is 2.04 bits per heavy atom. The van der Waals surface area contributed by atoms with E-state index in [4.69, 9.17) is 16.3 Å². The molecule has 6 heteroatoms. The summed E-state index contributed by atoms with van der Waals surface area (Å²) in [7, 11) is 1.51. The number of nitriles is 1. The zero-order chi connectivity index (χ0) is 20.0. The smallest absolute Gasteiger partial charge is 0.267 e. The standard InChI is InChI=1S/C21H22ClN3O2/c1-13(2)17-7-5-6-14(3)20(17)24-12-15(11-23)21(26)25-16-8-9-19(27-4)18(22)10-16/h5-10,12-13,24H,1-4H3,(H,25,26)/b15-12-. The molecule has 2 N–H and O–H groups in total. The van der Waals surface area contributed by atoms with Gasteiger partial charge in [0.2, 0.25) is 0 Å². The highest BCUT2D eigenvalue weighted by Crippen LogP contribution is 2.28. The number of ether oxygens (including phenoxy) is 1. The topological polar surface area (TPSA) is 74.1 Å². The quantitative estimate of drug-likeness (QED) is 0.528. The third-order valence-corrected chi connectivity index (χ3v) is 4.36. The fourth-order valence-corrected chi connectivity index (χ4v) is 2.86. The van der Waals surface area contributed by atoms with Crippen LogP contribution in [-0.2, 0) is 4.79 Å². The molecular weight excluding hydrogens is 362 g/mol. The van der Waals surface area contributed by atoms with Gasteiger partial charge >= 0.3 is 0 Å². The Morgan fingerprint density at radius 3 is 2.63 bits per heavy atom. The lowest BCUT2D eigenvalue weighted by atomic mass is 9.98.